The molecule has 3 aromatic rings. The van der Waals surface area contributed by atoms with Crippen molar-refractivity contribution in [2.45, 2.75) is 6.92 Å². The molecule has 1 aromatic heterocycles. The minimum atomic E-state index is 0.812. The van der Waals surface area contributed by atoms with Crippen molar-refractivity contribution in [2.75, 3.05) is 12.4 Å². The minimum absolute atomic E-state index is 0.812. The third-order valence-electron chi connectivity index (χ3n) is 3.19. The van der Waals surface area contributed by atoms with Gasteiger partial charge in [0.2, 0.25) is 0 Å². The van der Waals surface area contributed by atoms with Crippen molar-refractivity contribution in [3.05, 3.63) is 59.5 Å². The van der Waals surface area contributed by atoms with Gasteiger partial charge in [-0.2, -0.15) is 0 Å². The van der Waals surface area contributed by atoms with E-state index in [9.17, 15) is 0 Å². The lowest BCUT2D eigenvalue weighted by Crippen LogP contribution is -1.93. The SMILES string of the molecule is COc1ccccc1Nc1nc(-c2ccccc2)c(C)s1. The number of thiazole rings is 1. The molecule has 0 aliphatic heterocycles. The Morgan fingerprint density at radius 3 is 2.48 bits per heavy atom. The molecule has 0 aliphatic carbocycles. The molecule has 0 saturated heterocycles. The summed E-state index contributed by atoms with van der Waals surface area (Å²) in [4.78, 5) is 5.90. The van der Waals surface area contributed by atoms with E-state index in [2.05, 4.69) is 24.4 Å². The van der Waals surface area contributed by atoms with Crippen LogP contribution in [0.3, 0.4) is 0 Å². The maximum Gasteiger partial charge on any atom is 0.188 e. The van der Waals surface area contributed by atoms with Crippen LogP contribution in [-0.2, 0) is 0 Å². The first-order chi connectivity index (χ1) is 10.3. The van der Waals surface area contributed by atoms with E-state index in [0.29, 0.717) is 0 Å². The van der Waals surface area contributed by atoms with Crippen LogP contribution < -0.4 is 10.1 Å². The summed E-state index contributed by atoms with van der Waals surface area (Å²) < 4.78 is 5.35. The van der Waals surface area contributed by atoms with Crippen LogP contribution in [0.25, 0.3) is 11.3 Å². The highest BCUT2D eigenvalue weighted by Crippen LogP contribution is 2.34. The Bertz CT molecular complexity index is 738. The molecule has 0 radical (unpaired) electrons. The average Bonchev–Trinajstić information content (AvgIpc) is 2.89. The van der Waals surface area contributed by atoms with Gasteiger partial charge in [0, 0.05) is 10.4 Å². The second-order valence-electron chi connectivity index (χ2n) is 4.62. The predicted molar refractivity (Wildman–Crippen MR) is 88.6 cm³/mol. The lowest BCUT2D eigenvalue weighted by molar-refractivity contribution is 0.417. The fraction of sp³-hybridized carbons (Fsp3) is 0.118. The van der Waals surface area contributed by atoms with Crippen molar-refractivity contribution in [3.63, 3.8) is 0 Å². The number of rotatable bonds is 4. The number of para-hydroxylation sites is 2. The van der Waals surface area contributed by atoms with Crippen molar-refractivity contribution in [2.24, 2.45) is 0 Å². The highest BCUT2D eigenvalue weighted by Gasteiger charge is 2.11. The number of anilines is 2. The number of hydrogen-bond acceptors (Lipinski definition) is 4. The van der Waals surface area contributed by atoms with E-state index >= 15 is 0 Å². The number of benzene rings is 2. The van der Waals surface area contributed by atoms with Crippen LogP contribution in [0.2, 0.25) is 0 Å². The summed E-state index contributed by atoms with van der Waals surface area (Å²) in [5, 5.41) is 4.21. The molecule has 0 aliphatic rings. The summed E-state index contributed by atoms with van der Waals surface area (Å²) in [5.74, 6) is 0.812. The first-order valence-electron chi connectivity index (χ1n) is 6.71. The fourth-order valence-electron chi connectivity index (χ4n) is 2.18. The molecule has 0 amide bonds. The lowest BCUT2D eigenvalue weighted by atomic mass is 10.1. The second kappa shape index (κ2) is 5.97. The number of hydrogen-bond donors (Lipinski definition) is 1. The minimum Gasteiger partial charge on any atom is -0.495 e. The van der Waals surface area contributed by atoms with E-state index in [4.69, 9.17) is 9.72 Å². The third kappa shape index (κ3) is 2.90. The number of nitrogens with one attached hydrogen (secondary N) is 1. The summed E-state index contributed by atoms with van der Waals surface area (Å²) in [7, 11) is 1.67. The molecular formula is C17H16N2OS. The van der Waals surface area contributed by atoms with E-state index in [-0.39, 0.29) is 0 Å². The van der Waals surface area contributed by atoms with Gasteiger partial charge in [-0.1, -0.05) is 42.5 Å². The molecule has 1 N–H and O–H groups in total. The van der Waals surface area contributed by atoms with Crippen LogP contribution in [0, 0.1) is 6.92 Å². The standard InChI is InChI=1S/C17H16N2OS/c1-12-16(13-8-4-3-5-9-13)19-17(21-12)18-14-10-6-7-11-15(14)20-2/h3-11H,1-2H3,(H,18,19). The first-order valence-corrected chi connectivity index (χ1v) is 7.52. The summed E-state index contributed by atoms with van der Waals surface area (Å²) >= 11 is 1.65. The van der Waals surface area contributed by atoms with Crippen LogP contribution in [-0.4, -0.2) is 12.1 Å². The number of nitrogens with zero attached hydrogens (tertiary/aromatic N) is 1. The smallest absolute Gasteiger partial charge is 0.188 e. The normalized spacial score (nSPS) is 10.4. The van der Waals surface area contributed by atoms with Gasteiger partial charge in [0.05, 0.1) is 18.5 Å². The highest BCUT2D eigenvalue weighted by atomic mass is 32.1. The molecular weight excluding hydrogens is 280 g/mol. The van der Waals surface area contributed by atoms with E-state index in [1.165, 1.54) is 4.88 Å². The Labute approximate surface area is 128 Å². The van der Waals surface area contributed by atoms with Crippen molar-refractivity contribution < 1.29 is 4.74 Å². The van der Waals surface area contributed by atoms with Gasteiger partial charge in [0.25, 0.3) is 0 Å². The molecule has 0 fully saturated rings. The summed E-state index contributed by atoms with van der Waals surface area (Å²) in [6.07, 6.45) is 0. The van der Waals surface area contributed by atoms with E-state index in [0.717, 1.165) is 27.8 Å². The Morgan fingerprint density at radius 2 is 1.71 bits per heavy atom. The van der Waals surface area contributed by atoms with Crippen LogP contribution >= 0.6 is 11.3 Å². The second-order valence-corrected chi connectivity index (χ2v) is 5.82. The van der Waals surface area contributed by atoms with Gasteiger partial charge in [-0.05, 0) is 19.1 Å². The Hall–Kier alpha value is -2.33. The lowest BCUT2D eigenvalue weighted by Gasteiger charge is -2.07. The number of aromatic nitrogens is 1. The molecule has 0 bridgehead atoms. The highest BCUT2D eigenvalue weighted by molar-refractivity contribution is 7.16. The molecule has 1 heterocycles. The molecule has 106 valence electrons. The van der Waals surface area contributed by atoms with Gasteiger partial charge in [0.1, 0.15) is 5.75 Å². The van der Waals surface area contributed by atoms with E-state index in [1.807, 2.05) is 42.5 Å². The zero-order valence-electron chi connectivity index (χ0n) is 12.0. The maximum absolute atomic E-state index is 5.35. The van der Waals surface area contributed by atoms with Gasteiger partial charge in [-0.3, -0.25) is 0 Å². The predicted octanol–water partition coefficient (Wildman–Crippen LogP) is 4.87. The Morgan fingerprint density at radius 1 is 1.00 bits per heavy atom. The van der Waals surface area contributed by atoms with Gasteiger partial charge in [-0.25, -0.2) is 4.98 Å². The number of methoxy groups -OCH3 is 1. The van der Waals surface area contributed by atoms with Gasteiger partial charge < -0.3 is 10.1 Å². The van der Waals surface area contributed by atoms with Crippen LogP contribution in [0.4, 0.5) is 10.8 Å². The van der Waals surface area contributed by atoms with Crippen molar-refractivity contribution in [1.29, 1.82) is 0 Å². The van der Waals surface area contributed by atoms with Crippen LogP contribution in [0.1, 0.15) is 4.88 Å². The summed E-state index contributed by atoms with van der Waals surface area (Å²) in [5.41, 5.74) is 3.09. The Kier molecular flexibility index (Phi) is 3.88. The zero-order chi connectivity index (χ0) is 14.7. The summed E-state index contributed by atoms with van der Waals surface area (Å²) in [6.45, 7) is 2.09. The molecule has 0 spiro atoms. The molecule has 3 rings (SSSR count). The van der Waals surface area contributed by atoms with Crippen LogP contribution in [0.15, 0.2) is 54.6 Å². The number of ether oxygens (including phenoxy) is 1. The molecule has 0 unspecified atom stereocenters. The quantitative estimate of drug-likeness (QED) is 0.745. The van der Waals surface area contributed by atoms with Gasteiger partial charge in [-0.15, -0.1) is 11.3 Å². The Balaban J connectivity index is 1.91. The van der Waals surface area contributed by atoms with Crippen molar-refractivity contribution >= 4 is 22.2 Å². The molecule has 4 heteroatoms. The van der Waals surface area contributed by atoms with Gasteiger partial charge in [0.15, 0.2) is 5.13 Å². The summed E-state index contributed by atoms with van der Waals surface area (Å²) in [6, 6.07) is 18.1. The van der Waals surface area contributed by atoms with Crippen LogP contribution in [0.5, 0.6) is 5.75 Å². The maximum atomic E-state index is 5.35. The third-order valence-corrected chi connectivity index (χ3v) is 4.08. The topological polar surface area (TPSA) is 34.1 Å². The largest absolute Gasteiger partial charge is 0.495 e. The zero-order valence-corrected chi connectivity index (χ0v) is 12.8. The molecule has 0 atom stereocenters. The monoisotopic (exact) mass is 296 g/mol. The molecule has 3 nitrogen and oxygen atoms in total. The van der Waals surface area contributed by atoms with Crippen molar-refractivity contribution in [1.82, 2.24) is 4.98 Å². The molecule has 2 aromatic carbocycles. The molecule has 0 saturated carbocycles. The van der Waals surface area contributed by atoms with Crippen molar-refractivity contribution in [3.8, 4) is 17.0 Å². The van der Waals surface area contributed by atoms with E-state index in [1.54, 1.807) is 18.4 Å². The first kappa shape index (κ1) is 13.6. The number of aryl methyl sites for hydroxylation is 1. The van der Waals surface area contributed by atoms with Gasteiger partial charge >= 0.3 is 0 Å². The average molecular weight is 296 g/mol. The fourth-order valence-corrected chi connectivity index (χ4v) is 3.02. The van der Waals surface area contributed by atoms with E-state index < -0.39 is 0 Å². The molecule has 21 heavy (non-hydrogen) atoms.